The summed E-state index contributed by atoms with van der Waals surface area (Å²) in [6.45, 7) is 6.23. The van der Waals surface area contributed by atoms with Gasteiger partial charge in [0.25, 0.3) is 0 Å². The monoisotopic (exact) mass is 294 g/mol. The zero-order valence-corrected chi connectivity index (χ0v) is 13.1. The van der Waals surface area contributed by atoms with Gasteiger partial charge < -0.3 is 20.1 Å². The van der Waals surface area contributed by atoms with Crippen molar-refractivity contribution in [1.29, 1.82) is 0 Å². The Morgan fingerprint density at radius 2 is 1.95 bits per heavy atom. The number of benzene rings is 1. The summed E-state index contributed by atoms with van der Waals surface area (Å²) in [4.78, 5) is 11.6. The van der Waals surface area contributed by atoms with E-state index in [0.717, 1.165) is 18.7 Å². The fourth-order valence-electron chi connectivity index (χ4n) is 1.84. The van der Waals surface area contributed by atoms with Crippen LogP contribution < -0.4 is 10.6 Å². The van der Waals surface area contributed by atoms with E-state index in [-0.39, 0.29) is 12.5 Å². The van der Waals surface area contributed by atoms with Crippen LogP contribution in [-0.4, -0.2) is 39.4 Å². The fraction of sp³-hybridized carbons (Fsp3) is 0.562. The summed E-state index contributed by atoms with van der Waals surface area (Å²) in [5.41, 5.74) is 1.99. The van der Waals surface area contributed by atoms with Gasteiger partial charge in [-0.15, -0.1) is 0 Å². The molecule has 0 bridgehead atoms. The molecule has 1 atom stereocenters. The van der Waals surface area contributed by atoms with Crippen LogP contribution in [0.5, 0.6) is 0 Å². The van der Waals surface area contributed by atoms with E-state index in [2.05, 4.69) is 24.5 Å². The molecule has 0 saturated heterocycles. The smallest absolute Gasteiger partial charge is 0.250 e. The first kappa shape index (κ1) is 17.6. The maximum Gasteiger partial charge on any atom is 0.250 e. The molecule has 0 aliphatic carbocycles. The summed E-state index contributed by atoms with van der Waals surface area (Å²) in [5.74, 6) is -0.156. The average Bonchev–Trinajstić information content (AvgIpc) is 2.50. The predicted octanol–water partition coefficient (Wildman–Crippen LogP) is 2.35. The SMILES string of the molecule is CCCNC(C)c1ccc(NC(=O)COCCOC)cc1. The van der Waals surface area contributed by atoms with Crippen LogP contribution in [0.15, 0.2) is 24.3 Å². The summed E-state index contributed by atoms with van der Waals surface area (Å²) in [5, 5.41) is 6.23. The lowest BCUT2D eigenvalue weighted by molar-refractivity contribution is -0.121. The molecule has 0 heterocycles. The van der Waals surface area contributed by atoms with Crippen LogP contribution in [0.1, 0.15) is 31.9 Å². The molecule has 21 heavy (non-hydrogen) atoms. The maximum absolute atomic E-state index is 11.6. The van der Waals surface area contributed by atoms with Gasteiger partial charge in [-0.2, -0.15) is 0 Å². The number of rotatable bonds is 10. The molecular weight excluding hydrogens is 268 g/mol. The molecule has 5 nitrogen and oxygen atoms in total. The first-order chi connectivity index (χ1) is 10.2. The molecule has 5 heteroatoms. The molecular formula is C16H26N2O3. The number of hydrogen-bond acceptors (Lipinski definition) is 4. The molecule has 1 rings (SSSR count). The Morgan fingerprint density at radius 3 is 2.57 bits per heavy atom. The lowest BCUT2D eigenvalue weighted by atomic mass is 10.1. The van der Waals surface area contributed by atoms with E-state index in [1.165, 1.54) is 5.56 Å². The highest BCUT2D eigenvalue weighted by Crippen LogP contribution is 2.16. The molecule has 1 aromatic rings. The Labute approximate surface area is 127 Å². The second-order valence-corrected chi connectivity index (χ2v) is 4.89. The van der Waals surface area contributed by atoms with Crippen molar-refractivity contribution >= 4 is 11.6 Å². The van der Waals surface area contributed by atoms with Gasteiger partial charge in [0.15, 0.2) is 0 Å². The third kappa shape index (κ3) is 7.22. The summed E-state index contributed by atoms with van der Waals surface area (Å²) in [6, 6.07) is 8.18. The van der Waals surface area contributed by atoms with Crippen LogP contribution in [0.2, 0.25) is 0 Å². The highest BCUT2D eigenvalue weighted by Gasteiger charge is 2.05. The lowest BCUT2D eigenvalue weighted by Crippen LogP contribution is -2.20. The van der Waals surface area contributed by atoms with Gasteiger partial charge in [-0.1, -0.05) is 19.1 Å². The first-order valence-corrected chi connectivity index (χ1v) is 7.37. The van der Waals surface area contributed by atoms with Crippen molar-refractivity contribution in [3.05, 3.63) is 29.8 Å². The van der Waals surface area contributed by atoms with Gasteiger partial charge in [0.05, 0.1) is 13.2 Å². The van der Waals surface area contributed by atoms with E-state index in [9.17, 15) is 4.79 Å². The van der Waals surface area contributed by atoms with Gasteiger partial charge in [-0.3, -0.25) is 4.79 Å². The number of carbonyl (C=O) groups excluding carboxylic acids is 1. The third-order valence-corrected chi connectivity index (χ3v) is 3.06. The largest absolute Gasteiger partial charge is 0.382 e. The minimum atomic E-state index is -0.156. The lowest BCUT2D eigenvalue weighted by Gasteiger charge is -2.14. The molecule has 0 aliphatic rings. The second-order valence-electron chi connectivity index (χ2n) is 4.89. The summed E-state index contributed by atoms with van der Waals surface area (Å²) < 4.78 is 10.0. The topological polar surface area (TPSA) is 59.6 Å². The van der Waals surface area contributed by atoms with Crippen molar-refractivity contribution in [2.24, 2.45) is 0 Å². The van der Waals surface area contributed by atoms with Gasteiger partial charge in [-0.25, -0.2) is 0 Å². The van der Waals surface area contributed by atoms with Crippen molar-refractivity contribution in [1.82, 2.24) is 5.32 Å². The van der Waals surface area contributed by atoms with Gasteiger partial charge >= 0.3 is 0 Å². The quantitative estimate of drug-likeness (QED) is 0.650. The molecule has 0 aromatic heterocycles. The summed E-state index contributed by atoms with van der Waals surface area (Å²) in [7, 11) is 1.60. The minimum Gasteiger partial charge on any atom is -0.382 e. The Balaban J connectivity index is 2.38. The molecule has 1 aromatic carbocycles. The fourth-order valence-corrected chi connectivity index (χ4v) is 1.84. The number of methoxy groups -OCH3 is 1. The number of ether oxygens (including phenoxy) is 2. The van der Waals surface area contributed by atoms with Crippen molar-refractivity contribution in [3.63, 3.8) is 0 Å². The Hall–Kier alpha value is -1.43. The Kier molecular flexibility index (Phi) is 8.66. The van der Waals surface area contributed by atoms with Gasteiger partial charge in [0, 0.05) is 18.8 Å². The number of carbonyl (C=O) groups is 1. The van der Waals surface area contributed by atoms with E-state index in [0.29, 0.717) is 19.3 Å². The Bertz CT molecular complexity index is 406. The average molecular weight is 294 g/mol. The first-order valence-electron chi connectivity index (χ1n) is 7.37. The molecule has 0 radical (unpaired) electrons. The number of hydrogen-bond donors (Lipinski definition) is 2. The van der Waals surface area contributed by atoms with Crippen LogP contribution >= 0.6 is 0 Å². The summed E-state index contributed by atoms with van der Waals surface area (Å²) >= 11 is 0. The van der Waals surface area contributed by atoms with Crippen molar-refractivity contribution in [2.75, 3.05) is 38.8 Å². The van der Waals surface area contributed by atoms with Crippen molar-refractivity contribution in [3.8, 4) is 0 Å². The highest BCUT2D eigenvalue weighted by molar-refractivity contribution is 5.91. The van der Waals surface area contributed by atoms with E-state index in [1.807, 2.05) is 24.3 Å². The van der Waals surface area contributed by atoms with Crippen molar-refractivity contribution < 1.29 is 14.3 Å². The van der Waals surface area contributed by atoms with Crippen LogP contribution in [0.4, 0.5) is 5.69 Å². The van der Waals surface area contributed by atoms with Crippen LogP contribution in [0, 0.1) is 0 Å². The van der Waals surface area contributed by atoms with E-state index in [4.69, 9.17) is 9.47 Å². The van der Waals surface area contributed by atoms with Gasteiger partial charge in [-0.05, 0) is 37.6 Å². The maximum atomic E-state index is 11.6. The molecule has 0 saturated carbocycles. The molecule has 0 aliphatic heterocycles. The van der Waals surface area contributed by atoms with E-state index >= 15 is 0 Å². The van der Waals surface area contributed by atoms with Gasteiger partial charge in [0.1, 0.15) is 6.61 Å². The molecule has 2 N–H and O–H groups in total. The van der Waals surface area contributed by atoms with E-state index in [1.54, 1.807) is 7.11 Å². The zero-order valence-electron chi connectivity index (χ0n) is 13.1. The number of amides is 1. The number of nitrogens with one attached hydrogen (secondary N) is 2. The number of anilines is 1. The molecule has 118 valence electrons. The Morgan fingerprint density at radius 1 is 1.24 bits per heavy atom. The standard InChI is InChI=1S/C16H26N2O3/c1-4-9-17-13(2)14-5-7-15(8-6-14)18-16(19)12-21-11-10-20-3/h5-8,13,17H,4,9-12H2,1-3H3,(H,18,19). The third-order valence-electron chi connectivity index (χ3n) is 3.06. The van der Waals surface area contributed by atoms with Crippen LogP contribution in [0.25, 0.3) is 0 Å². The molecule has 1 amide bonds. The predicted molar refractivity (Wildman–Crippen MR) is 84.5 cm³/mol. The highest BCUT2D eigenvalue weighted by atomic mass is 16.5. The molecule has 0 spiro atoms. The molecule has 1 unspecified atom stereocenters. The van der Waals surface area contributed by atoms with Crippen LogP contribution in [0.3, 0.4) is 0 Å². The minimum absolute atomic E-state index is 0.0412. The second kappa shape index (κ2) is 10.3. The normalized spacial score (nSPS) is 12.1. The van der Waals surface area contributed by atoms with Gasteiger partial charge in [0.2, 0.25) is 5.91 Å². The summed E-state index contributed by atoms with van der Waals surface area (Å²) in [6.07, 6.45) is 1.11. The van der Waals surface area contributed by atoms with E-state index < -0.39 is 0 Å². The van der Waals surface area contributed by atoms with Crippen LogP contribution in [-0.2, 0) is 14.3 Å². The molecule has 0 fully saturated rings. The zero-order chi connectivity index (χ0) is 15.5. The van der Waals surface area contributed by atoms with Crippen molar-refractivity contribution in [2.45, 2.75) is 26.3 Å².